The molecule has 10 rings (SSSR count). The Balaban J connectivity index is 1.24. The van der Waals surface area contributed by atoms with Crippen LogP contribution >= 0.6 is 0 Å². The van der Waals surface area contributed by atoms with Crippen molar-refractivity contribution in [2.75, 3.05) is 0 Å². The van der Waals surface area contributed by atoms with Crippen molar-refractivity contribution in [1.29, 1.82) is 0 Å². The summed E-state index contributed by atoms with van der Waals surface area (Å²) in [5.41, 5.74) is 10.0. The van der Waals surface area contributed by atoms with Crippen LogP contribution in [0.25, 0.3) is 98.4 Å². The minimum atomic E-state index is 1.22. The Labute approximate surface area is 291 Å². The molecule has 0 N–H and O–H groups in total. The Morgan fingerprint density at radius 3 is 1.30 bits per heavy atom. The lowest BCUT2D eigenvalue weighted by atomic mass is 9.83. The van der Waals surface area contributed by atoms with Gasteiger partial charge in [-0.1, -0.05) is 182 Å². The second-order valence-corrected chi connectivity index (χ2v) is 13.2. The van der Waals surface area contributed by atoms with Gasteiger partial charge in [0.2, 0.25) is 0 Å². The van der Waals surface area contributed by atoms with Crippen LogP contribution in [0.1, 0.15) is 0 Å². The highest BCUT2D eigenvalue weighted by Crippen LogP contribution is 2.47. The molecule has 0 fully saturated rings. The smallest absolute Gasteiger partial charge is 0.00201 e. The maximum Gasteiger partial charge on any atom is -0.00201 e. The van der Waals surface area contributed by atoms with Crippen LogP contribution in [-0.4, -0.2) is 0 Å². The van der Waals surface area contributed by atoms with Crippen molar-refractivity contribution in [2.24, 2.45) is 0 Å². The van der Waals surface area contributed by atoms with E-state index in [2.05, 4.69) is 194 Å². The van der Waals surface area contributed by atoms with Crippen LogP contribution < -0.4 is 0 Å². The molecule has 0 aliphatic carbocycles. The van der Waals surface area contributed by atoms with Crippen molar-refractivity contribution >= 4 is 53.9 Å². The summed E-state index contributed by atoms with van der Waals surface area (Å²) in [6.07, 6.45) is 0. The van der Waals surface area contributed by atoms with Gasteiger partial charge in [0.15, 0.2) is 0 Å². The van der Waals surface area contributed by atoms with Crippen LogP contribution in [-0.2, 0) is 0 Å². The standard InChI is InChI=1S/C50H32/c1-2-15-33(16-3-1)38-29-30-47(41-23-8-6-22-40(38)41)50-45-27-12-10-25-43(45)49(44-26-11-13-28-46(44)50)36-19-14-18-34(31-36)48-32-35-17-4-5-20-37(35)39-21-7-9-24-42(39)48/h1-32H. The first kappa shape index (κ1) is 28.5. The summed E-state index contributed by atoms with van der Waals surface area (Å²) in [6, 6.07) is 71.3. The molecule has 0 aliphatic rings. The van der Waals surface area contributed by atoms with Crippen LogP contribution in [0.3, 0.4) is 0 Å². The molecule has 0 atom stereocenters. The first-order chi connectivity index (χ1) is 24.8. The first-order valence-corrected chi connectivity index (χ1v) is 17.4. The predicted octanol–water partition coefficient (Wildman–Crippen LogP) is 14.1. The number of fused-ring (bicyclic) bond motifs is 6. The Kier molecular flexibility index (Phi) is 6.60. The fraction of sp³-hybridized carbons (Fsp3) is 0. The van der Waals surface area contributed by atoms with Crippen molar-refractivity contribution in [3.8, 4) is 44.5 Å². The number of rotatable bonds is 4. The van der Waals surface area contributed by atoms with Crippen molar-refractivity contribution in [3.63, 3.8) is 0 Å². The number of hydrogen-bond donors (Lipinski definition) is 0. The molecule has 232 valence electrons. The summed E-state index contributed by atoms with van der Waals surface area (Å²) in [5, 5.41) is 12.7. The van der Waals surface area contributed by atoms with E-state index in [9.17, 15) is 0 Å². The molecule has 0 spiro atoms. The van der Waals surface area contributed by atoms with E-state index in [0.717, 1.165) is 0 Å². The normalized spacial score (nSPS) is 11.6. The quantitative estimate of drug-likeness (QED) is 0.134. The lowest BCUT2D eigenvalue weighted by molar-refractivity contribution is 1.63. The molecule has 0 nitrogen and oxygen atoms in total. The molecular weight excluding hydrogens is 601 g/mol. The Morgan fingerprint density at radius 2 is 0.640 bits per heavy atom. The van der Waals surface area contributed by atoms with Crippen LogP contribution in [0.2, 0.25) is 0 Å². The molecule has 10 aromatic carbocycles. The zero-order valence-corrected chi connectivity index (χ0v) is 27.5. The van der Waals surface area contributed by atoms with Crippen LogP contribution in [0.5, 0.6) is 0 Å². The molecule has 0 amide bonds. The molecule has 0 saturated carbocycles. The summed E-state index contributed by atoms with van der Waals surface area (Å²) in [5.74, 6) is 0. The average Bonchev–Trinajstić information content (AvgIpc) is 3.19. The molecule has 0 heterocycles. The molecular formula is C50H32. The molecule has 50 heavy (non-hydrogen) atoms. The maximum absolute atomic E-state index is 2.40. The van der Waals surface area contributed by atoms with Gasteiger partial charge in [-0.2, -0.15) is 0 Å². The monoisotopic (exact) mass is 632 g/mol. The van der Waals surface area contributed by atoms with Gasteiger partial charge in [0.05, 0.1) is 0 Å². The topological polar surface area (TPSA) is 0 Å². The van der Waals surface area contributed by atoms with Gasteiger partial charge in [-0.05, 0) is 111 Å². The van der Waals surface area contributed by atoms with E-state index in [1.165, 1.54) is 98.4 Å². The zero-order chi connectivity index (χ0) is 33.0. The Bertz CT molecular complexity index is 2860. The SMILES string of the molecule is c1ccc(-c2ccc(-c3c4ccccc4c(-c4cccc(-c5cc6ccccc6c6ccccc56)c4)c4ccccc34)c3ccccc23)cc1. The highest BCUT2D eigenvalue weighted by molar-refractivity contribution is 6.24. The Hall–Kier alpha value is -6.50. The van der Waals surface area contributed by atoms with Gasteiger partial charge in [0, 0.05) is 0 Å². The summed E-state index contributed by atoms with van der Waals surface area (Å²) < 4.78 is 0. The highest BCUT2D eigenvalue weighted by atomic mass is 14.2. The largest absolute Gasteiger partial charge is 0.0622 e. The minimum Gasteiger partial charge on any atom is -0.0622 e. The number of hydrogen-bond acceptors (Lipinski definition) is 0. The number of benzene rings is 10. The third-order valence-corrected chi connectivity index (χ3v) is 10.4. The van der Waals surface area contributed by atoms with E-state index in [1.54, 1.807) is 0 Å². The van der Waals surface area contributed by atoms with Crippen molar-refractivity contribution < 1.29 is 0 Å². The van der Waals surface area contributed by atoms with E-state index in [1.807, 2.05) is 0 Å². The minimum absolute atomic E-state index is 1.22. The molecule has 0 heteroatoms. The van der Waals surface area contributed by atoms with E-state index in [4.69, 9.17) is 0 Å². The Morgan fingerprint density at radius 1 is 0.200 bits per heavy atom. The second kappa shape index (κ2) is 11.6. The first-order valence-electron chi connectivity index (χ1n) is 17.4. The molecule has 0 bridgehead atoms. The van der Waals surface area contributed by atoms with E-state index in [0.29, 0.717) is 0 Å². The molecule has 0 aliphatic heterocycles. The van der Waals surface area contributed by atoms with E-state index in [-0.39, 0.29) is 0 Å². The van der Waals surface area contributed by atoms with E-state index >= 15 is 0 Å². The van der Waals surface area contributed by atoms with Gasteiger partial charge in [-0.15, -0.1) is 0 Å². The summed E-state index contributed by atoms with van der Waals surface area (Å²) in [7, 11) is 0. The molecule has 0 aromatic heterocycles. The van der Waals surface area contributed by atoms with Crippen LogP contribution in [0, 0.1) is 0 Å². The molecule has 10 aromatic rings. The third-order valence-electron chi connectivity index (χ3n) is 10.4. The van der Waals surface area contributed by atoms with Gasteiger partial charge < -0.3 is 0 Å². The zero-order valence-electron chi connectivity index (χ0n) is 27.5. The fourth-order valence-electron chi connectivity index (χ4n) is 8.25. The maximum atomic E-state index is 2.40. The van der Waals surface area contributed by atoms with Crippen LogP contribution in [0.15, 0.2) is 194 Å². The van der Waals surface area contributed by atoms with Gasteiger partial charge >= 0.3 is 0 Å². The fourth-order valence-corrected chi connectivity index (χ4v) is 8.25. The van der Waals surface area contributed by atoms with E-state index < -0.39 is 0 Å². The summed E-state index contributed by atoms with van der Waals surface area (Å²) >= 11 is 0. The van der Waals surface area contributed by atoms with Gasteiger partial charge in [-0.25, -0.2) is 0 Å². The second-order valence-electron chi connectivity index (χ2n) is 13.2. The predicted molar refractivity (Wildman–Crippen MR) is 216 cm³/mol. The molecule has 0 unspecified atom stereocenters. The van der Waals surface area contributed by atoms with Gasteiger partial charge in [0.25, 0.3) is 0 Å². The van der Waals surface area contributed by atoms with Gasteiger partial charge in [-0.3, -0.25) is 0 Å². The third kappa shape index (κ3) is 4.46. The van der Waals surface area contributed by atoms with Crippen LogP contribution in [0.4, 0.5) is 0 Å². The summed E-state index contributed by atoms with van der Waals surface area (Å²) in [4.78, 5) is 0. The van der Waals surface area contributed by atoms with Gasteiger partial charge in [0.1, 0.15) is 0 Å². The summed E-state index contributed by atoms with van der Waals surface area (Å²) in [6.45, 7) is 0. The molecule has 0 saturated heterocycles. The molecule has 0 radical (unpaired) electrons. The van der Waals surface area contributed by atoms with Crippen molar-refractivity contribution in [2.45, 2.75) is 0 Å². The average molecular weight is 633 g/mol. The lowest BCUT2D eigenvalue weighted by Crippen LogP contribution is -1.93. The van der Waals surface area contributed by atoms with Crippen molar-refractivity contribution in [1.82, 2.24) is 0 Å². The highest BCUT2D eigenvalue weighted by Gasteiger charge is 2.19. The van der Waals surface area contributed by atoms with Crippen molar-refractivity contribution in [3.05, 3.63) is 194 Å². The lowest BCUT2D eigenvalue weighted by Gasteiger charge is -2.20.